The van der Waals surface area contributed by atoms with Gasteiger partial charge in [-0.05, 0) is 12.1 Å². The van der Waals surface area contributed by atoms with Gasteiger partial charge in [-0.2, -0.15) is 13.2 Å². The van der Waals surface area contributed by atoms with Gasteiger partial charge in [-0.3, -0.25) is 10.1 Å². The topological polar surface area (TPSA) is 83.8 Å². The van der Waals surface area contributed by atoms with E-state index in [4.69, 9.17) is 0 Å². The lowest BCUT2D eigenvalue weighted by atomic mass is 10.1. The molecule has 2 aromatic rings. The summed E-state index contributed by atoms with van der Waals surface area (Å²) >= 11 is 0. The van der Waals surface area contributed by atoms with Crippen LogP contribution in [0.3, 0.4) is 0 Å². The molecule has 2 N–H and O–H groups in total. The Labute approximate surface area is 110 Å². The minimum absolute atomic E-state index is 0.137. The first kappa shape index (κ1) is 13.8. The lowest BCUT2D eigenvalue weighted by molar-refractivity contribution is -0.388. The summed E-state index contributed by atoms with van der Waals surface area (Å²) in [7, 11) is 0. The molecule has 106 valence electrons. The van der Waals surface area contributed by atoms with Gasteiger partial charge in [-0.1, -0.05) is 0 Å². The lowest BCUT2D eigenvalue weighted by Gasteiger charge is -2.10. The third kappa shape index (κ3) is 3.05. The van der Waals surface area contributed by atoms with Crippen LogP contribution < -0.4 is 5.32 Å². The monoisotopic (exact) mass is 286 g/mol. The van der Waals surface area contributed by atoms with Crippen molar-refractivity contribution in [3.63, 3.8) is 0 Å². The number of halogens is 3. The molecular formula is C11H9F3N4O2. The number of aromatic nitrogens is 2. The van der Waals surface area contributed by atoms with E-state index in [0.717, 1.165) is 6.07 Å². The molecule has 0 aliphatic heterocycles. The fraction of sp³-hybridized carbons (Fsp3) is 0.182. The number of H-pyrrole nitrogens is 1. The number of imidazole rings is 1. The van der Waals surface area contributed by atoms with Crippen LogP contribution in [0.25, 0.3) is 0 Å². The molecule has 2 rings (SSSR count). The summed E-state index contributed by atoms with van der Waals surface area (Å²) < 4.78 is 38.3. The Kier molecular flexibility index (Phi) is 3.59. The molecule has 0 radical (unpaired) electrons. The highest BCUT2D eigenvalue weighted by atomic mass is 19.4. The molecule has 0 aliphatic carbocycles. The first-order valence-corrected chi connectivity index (χ1v) is 5.44. The van der Waals surface area contributed by atoms with Crippen LogP contribution in [0, 0.1) is 10.1 Å². The van der Waals surface area contributed by atoms with Crippen LogP contribution in [0.15, 0.2) is 30.7 Å². The highest BCUT2D eigenvalue weighted by Crippen LogP contribution is 2.37. The maximum Gasteiger partial charge on any atom is 0.423 e. The molecule has 9 heteroatoms. The first-order valence-electron chi connectivity index (χ1n) is 5.44. The van der Waals surface area contributed by atoms with Crippen molar-refractivity contribution in [1.29, 1.82) is 0 Å². The molecule has 6 nitrogen and oxygen atoms in total. The molecule has 0 fully saturated rings. The van der Waals surface area contributed by atoms with Gasteiger partial charge in [0, 0.05) is 18.0 Å². The van der Waals surface area contributed by atoms with Gasteiger partial charge in [0.05, 0.1) is 23.5 Å². The normalized spacial score (nSPS) is 11.3. The molecule has 0 atom stereocenters. The van der Waals surface area contributed by atoms with Crippen LogP contribution in [-0.4, -0.2) is 14.9 Å². The molecule has 1 aromatic carbocycles. The van der Waals surface area contributed by atoms with Crippen LogP contribution in [0.1, 0.15) is 11.3 Å². The maximum absolute atomic E-state index is 12.8. The van der Waals surface area contributed by atoms with Crippen LogP contribution in [0.4, 0.5) is 24.5 Å². The van der Waals surface area contributed by atoms with Crippen molar-refractivity contribution in [2.75, 3.05) is 5.32 Å². The van der Waals surface area contributed by atoms with Gasteiger partial charge in [0.2, 0.25) is 0 Å². The van der Waals surface area contributed by atoms with Gasteiger partial charge >= 0.3 is 6.18 Å². The van der Waals surface area contributed by atoms with Gasteiger partial charge < -0.3 is 10.3 Å². The number of nitrogens with one attached hydrogen (secondary N) is 2. The van der Waals surface area contributed by atoms with Crippen molar-refractivity contribution < 1.29 is 18.1 Å². The number of alkyl halides is 3. The zero-order chi connectivity index (χ0) is 14.8. The van der Waals surface area contributed by atoms with E-state index >= 15 is 0 Å². The summed E-state index contributed by atoms with van der Waals surface area (Å²) in [5.74, 6) is 0. The van der Waals surface area contributed by atoms with Gasteiger partial charge in [0.15, 0.2) is 0 Å². The fourth-order valence-corrected chi connectivity index (χ4v) is 1.61. The van der Waals surface area contributed by atoms with Crippen LogP contribution in [0.2, 0.25) is 0 Å². The van der Waals surface area contributed by atoms with Crippen molar-refractivity contribution in [3.8, 4) is 0 Å². The zero-order valence-corrected chi connectivity index (χ0v) is 9.94. The summed E-state index contributed by atoms with van der Waals surface area (Å²) in [5.41, 5.74) is -1.43. The highest BCUT2D eigenvalue weighted by molar-refractivity contribution is 5.55. The number of nitro groups is 1. The molecular weight excluding hydrogens is 277 g/mol. The molecule has 20 heavy (non-hydrogen) atoms. The predicted octanol–water partition coefficient (Wildman–Crippen LogP) is 2.95. The largest absolute Gasteiger partial charge is 0.423 e. The molecule has 0 unspecified atom stereocenters. The molecule has 0 saturated heterocycles. The quantitative estimate of drug-likeness (QED) is 0.668. The van der Waals surface area contributed by atoms with Crippen LogP contribution >= 0.6 is 0 Å². The summed E-state index contributed by atoms with van der Waals surface area (Å²) in [6.45, 7) is 0.231. The molecule has 1 heterocycles. The fourth-order valence-electron chi connectivity index (χ4n) is 1.61. The number of nitro benzene ring substituents is 1. The van der Waals surface area contributed by atoms with Crippen LogP contribution in [-0.2, 0) is 12.7 Å². The Balaban J connectivity index is 2.25. The Bertz CT molecular complexity index is 611. The molecule has 0 saturated carbocycles. The number of anilines is 1. The van der Waals surface area contributed by atoms with E-state index < -0.39 is 22.4 Å². The minimum atomic E-state index is -4.78. The highest BCUT2D eigenvalue weighted by Gasteiger charge is 2.38. The third-order valence-corrected chi connectivity index (χ3v) is 2.54. The molecule has 0 amide bonds. The number of nitrogens with zero attached hydrogens (tertiary/aromatic N) is 2. The second kappa shape index (κ2) is 5.19. The zero-order valence-electron chi connectivity index (χ0n) is 9.94. The van der Waals surface area contributed by atoms with Crippen molar-refractivity contribution in [1.82, 2.24) is 9.97 Å². The minimum Gasteiger partial charge on any atom is -0.379 e. The molecule has 0 bridgehead atoms. The second-order valence-electron chi connectivity index (χ2n) is 3.92. The average Bonchev–Trinajstić information content (AvgIpc) is 2.88. The summed E-state index contributed by atoms with van der Waals surface area (Å²) in [6, 6.07) is 2.77. The Morgan fingerprint density at radius 3 is 2.70 bits per heavy atom. The van der Waals surface area contributed by atoms with Crippen molar-refractivity contribution in [2.45, 2.75) is 12.7 Å². The number of benzene rings is 1. The number of hydrogen-bond acceptors (Lipinski definition) is 4. The average molecular weight is 286 g/mol. The molecule has 0 aliphatic rings. The van der Waals surface area contributed by atoms with E-state index in [1.165, 1.54) is 18.6 Å². The Hall–Kier alpha value is -2.58. The SMILES string of the molecule is O=[N+]([O-])c1ccc(NCc2cnc[nH]2)cc1C(F)(F)F. The number of hydrogen-bond donors (Lipinski definition) is 2. The van der Waals surface area contributed by atoms with E-state index in [9.17, 15) is 23.3 Å². The van der Waals surface area contributed by atoms with E-state index in [0.29, 0.717) is 11.8 Å². The van der Waals surface area contributed by atoms with Crippen molar-refractivity contribution in [3.05, 3.63) is 52.1 Å². The standard InChI is InChI=1S/C11H9F3N4O2/c12-11(13,14)9-3-7(1-2-10(9)18(19)20)16-5-8-4-15-6-17-8/h1-4,6,16H,5H2,(H,15,17). The Morgan fingerprint density at radius 1 is 1.40 bits per heavy atom. The van der Waals surface area contributed by atoms with Crippen molar-refractivity contribution in [2.24, 2.45) is 0 Å². The second-order valence-corrected chi connectivity index (χ2v) is 3.92. The molecule has 1 aromatic heterocycles. The lowest BCUT2D eigenvalue weighted by Crippen LogP contribution is -2.10. The first-order chi connectivity index (χ1) is 9.38. The van der Waals surface area contributed by atoms with Gasteiger partial charge in [-0.15, -0.1) is 0 Å². The van der Waals surface area contributed by atoms with Crippen molar-refractivity contribution >= 4 is 11.4 Å². The number of rotatable bonds is 4. The summed E-state index contributed by atoms with van der Waals surface area (Å²) in [4.78, 5) is 16.1. The van der Waals surface area contributed by atoms with E-state index in [1.54, 1.807) is 0 Å². The number of aromatic amines is 1. The summed E-state index contributed by atoms with van der Waals surface area (Å²) in [6.07, 6.45) is -1.83. The van der Waals surface area contributed by atoms with E-state index in [-0.39, 0.29) is 12.2 Å². The van der Waals surface area contributed by atoms with Gasteiger partial charge in [0.1, 0.15) is 5.56 Å². The predicted molar refractivity (Wildman–Crippen MR) is 64.0 cm³/mol. The molecule has 0 spiro atoms. The smallest absolute Gasteiger partial charge is 0.379 e. The Morgan fingerprint density at radius 2 is 2.15 bits per heavy atom. The van der Waals surface area contributed by atoms with E-state index in [2.05, 4.69) is 15.3 Å². The third-order valence-electron chi connectivity index (χ3n) is 2.54. The van der Waals surface area contributed by atoms with Gasteiger partial charge in [-0.25, -0.2) is 4.98 Å². The van der Waals surface area contributed by atoms with Gasteiger partial charge in [0.25, 0.3) is 5.69 Å². The summed E-state index contributed by atoms with van der Waals surface area (Å²) in [5, 5.41) is 13.3. The van der Waals surface area contributed by atoms with Crippen LogP contribution in [0.5, 0.6) is 0 Å². The van der Waals surface area contributed by atoms with E-state index in [1.807, 2.05) is 0 Å². The maximum atomic E-state index is 12.8.